The monoisotopic (exact) mass is 483 g/mol. The van der Waals surface area contributed by atoms with E-state index in [9.17, 15) is 14.4 Å². The predicted octanol–water partition coefficient (Wildman–Crippen LogP) is 3.23. The summed E-state index contributed by atoms with van der Waals surface area (Å²) < 4.78 is 0. The average molecular weight is 484 g/mol. The Kier molecular flexibility index (Phi) is 23.3. The van der Waals surface area contributed by atoms with Gasteiger partial charge >= 0.3 is 0 Å². The molecule has 34 heavy (non-hydrogen) atoms. The summed E-state index contributed by atoms with van der Waals surface area (Å²) in [6.07, 6.45) is 18.6. The van der Waals surface area contributed by atoms with E-state index < -0.39 is 0 Å². The fourth-order valence-corrected chi connectivity index (χ4v) is 3.95. The first-order valence-corrected chi connectivity index (χ1v) is 13.8. The van der Waals surface area contributed by atoms with Gasteiger partial charge in [0.15, 0.2) is 0 Å². The zero-order valence-corrected chi connectivity index (χ0v) is 21.9. The maximum atomic E-state index is 12.7. The van der Waals surface area contributed by atoms with Crippen molar-refractivity contribution in [1.29, 1.82) is 0 Å². The molecule has 0 saturated heterocycles. The Morgan fingerprint density at radius 2 is 0.971 bits per heavy atom. The maximum Gasteiger partial charge on any atom is 0.233 e. The number of unbranched alkanes of at least 4 members (excludes halogenated alkanes) is 12. The number of amides is 3. The summed E-state index contributed by atoms with van der Waals surface area (Å²) in [6, 6.07) is 0. The van der Waals surface area contributed by atoms with E-state index in [4.69, 9.17) is 11.5 Å². The summed E-state index contributed by atoms with van der Waals surface area (Å²) in [7, 11) is 0. The van der Waals surface area contributed by atoms with Crippen LogP contribution in [0.25, 0.3) is 0 Å². The van der Waals surface area contributed by atoms with Gasteiger partial charge in [0.05, 0.1) is 13.1 Å². The van der Waals surface area contributed by atoms with E-state index in [0.717, 1.165) is 12.8 Å². The van der Waals surface area contributed by atoms with E-state index in [1.54, 1.807) is 0 Å². The number of carbonyl (C=O) groups excluding carboxylic acids is 3. The van der Waals surface area contributed by atoms with Gasteiger partial charge in [-0.2, -0.15) is 0 Å². The standard InChI is InChI=1S/C26H53N5O3/c1-2-3-4-5-6-7-8-9-10-11-12-13-14-17-26(34)31(20-15-18-29-24(32)22-27)21-16-19-30-25(33)23-28/h2-23,27-28H2,1H3,(H,29,32)(H,30,33). The van der Waals surface area contributed by atoms with Gasteiger partial charge in [0.2, 0.25) is 17.7 Å². The molecule has 0 unspecified atom stereocenters. The number of nitrogens with one attached hydrogen (secondary N) is 2. The minimum absolute atomic E-state index is 0.0253. The van der Waals surface area contributed by atoms with Crippen LogP contribution in [-0.4, -0.2) is 61.9 Å². The second-order valence-corrected chi connectivity index (χ2v) is 9.19. The number of rotatable bonds is 24. The molecule has 200 valence electrons. The Morgan fingerprint density at radius 3 is 1.35 bits per heavy atom. The Bertz CT molecular complexity index is 493. The van der Waals surface area contributed by atoms with Crippen LogP contribution in [0.2, 0.25) is 0 Å². The molecule has 0 rings (SSSR count). The van der Waals surface area contributed by atoms with Crippen LogP contribution < -0.4 is 22.1 Å². The molecule has 3 amide bonds. The van der Waals surface area contributed by atoms with Crippen molar-refractivity contribution in [3.05, 3.63) is 0 Å². The van der Waals surface area contributed by atoms with Gasteiger partial charge in [-0.25, -0.2) is 0 Å². The molecule has 0 aromatic rings. The largest absolute Gasteiger partial charge is 0.355 e. The van der Waals surface area contributed by atoms with Crippen molar-refractivity contribution in [2.24, 2.45) is 11.5 Å². The van der Waals surface area contributed by atoms with Crippen LogP contribution in [0.4, 0.5) is 0 Å². The molecular weight excluding hydrogens is 430 g/mol. The summed E-state index contributed by atoms with van der Waals surface area (Å²) in [5.41, 5.74) is 10.6. The summed E-state index contributed by atoms with van der Waals surface area (Å²) in [4.78, 5) is 37.1. The summed E-state index contributed by atoms with van der Waals surface area (Å²) >= 11 is 0. The highest BCUT2D eigenvalue weighted by Gasteiger charge is 2.13. The first kappa shape index (κ1) is 32.3. The molecule has 6 N–H and O–H groups in total. The van der Waals surface area contributed by atoms with E-state index in [1.807, 2.05) is 4.90 Å². The molecular formula is C26H53N5O3. The number of hydrogen-bond acceptors (Lipinski definition) is 5. The molecule has 0 bridgehead atoms. The van der Waals surface area contributed by atoms with E-state index in [-0.39, 0.29) is 30.8 Å². The molecule has 0 saturated carbocycles. The molecule has 8 nitrogen and oxygen atoms in total. The molecule has 0 aliphatic carbocycles. The molecule has 0 heterocycles. The SMILES string of the molecule is CCCCCCCCCCCCCCCC(=O)N(CCCNC(=O)CN)CCCNC(=O)CN. The Hall–Kier alpha value is -1.67. The summed E-state index contributed by atoms with van der Waals surface area (Å²) in [5, 5.41) is 5.48. The minimum Gasteiger partial charge on any atom is -0.355 e. The molecule has 0 aromatic heterocycles. The third kappa shape index (κ3) is 20.9. The number of hydrogen-bond donors (Lipinski definition) is 4. The molecule has 0 fully saturated rings. The summed E-state index contributed by atoms with van der Waals surface area (Å²) in [5.74, 6) is -0.220. The Morgan fingerprint density at radius 1 is 0.588 bits per heavy atom. The van der Waals surface area contributed by atoms with Crippen LogP contribution in [0.1, 0.15) is 110 Å². The number of nitrogens with zero attached hydrogens (tertiary/aromatic N) is 1. The number of nitrogens with two attached hydrogens (primary N) is 2. The van der Waals surface area contributed by atoms with E-state index in [1.165, 1.54) is 70.6 Å². The lowest BCUT2D eigenvalue weighted by molar-refractivity contribution is -0.131. The molecule has 0 radical (unpaired) electrons. The van der Waals surface area contributed by atoms with Crippen molar-refractivity contribution in [3.8, 4) is 0 Å². The van der Waals surface area contributed by atoms with Gasteiger partial charge in [-0.3, -0.25) is 14.4 Å². The normalized spacial score (nSPS) is 10.8. The van der Waals surface area contributed by atoms with Gasteiger partial charge in [-0.15, -0.1) is 0 Å². The van der Waals surface area contributed by atoms with Crippen molar-refractivity contribution in [1.82, 2.24) is 15.5 Å². The fourth-order valence-electron chi connectivity index (χ4n) is 3.95. The third-order valence-electron chi connectivity index (χ3n) is 6.07. The van der Waals surface area contributed by atoms with Crippen LogP contribution in [-0.2, 0) is 14.4 Å². The van der Waals surface area contributed by atoms with Crippen molar-refractivity contribution in [2.45, 2.75) is 110 Å². The Balaban J connectivity index is 3.97. The van der Waals surface area contributed by atoms with Gasteiger partial charge in [0.1, 0.15) is 0 Å². The maximum absolute atomic E-state index is 12.7. The zero-order valence-electron chi connectivity index (χ0n) is 21.9. The second kappa shape index (κ2) is 24.5. The van der Waals surface area contributed by atoms with Crippen molar-refractivity contribution in [3.63, 3.8) is 0 Å². The topological polar surface area (TPSA) is 131 Å². The van der Waals surface area contributed by atoms with Gasteiger partial charge < -0.3 is 27.0 Å². The fraction of sp³-hybridized carbons (Fsp3) is 0.885. The highest BCUT2D eigenvalue weighted by atomic mass is 16.2. The van der Waals surface area contributed by atoms with Crippen LogP contribution in [0.15, 0.2) is 0 Å². The lowest BCUT2D eigenvalue weighted by atomic mass is 10.0. The van der Waals surface area contributed by atoms with Gasteiger partial charge in [-0.1, -0.05) is 84.0 Å². The van der Waals surface area contributed by atoms with Crippen molar-refractivity contribution >= 4 is 17.7 Å². The highest BCUT2D eigenvalue weighted by molar-refractivity contribution is 5.78. The molecule has 0 spiro atoms. The Labute approximate surface area is 208 Å². The average Bonchev–Trinajstić information content (AvgIpc) is 2.85. The zero-order chi connectivity index (χ0) is 25.3. The number of carbonyl (C=O) groups is 3. The lowest BCUT2D eigenvalue weighted by Crippen LogP contribution is -2.38. The van der Waals surface area contributed by atoms with Gasteiger partial charge in [-0.05, 0) is 19.3 Å². The molecule has 0 aliphatic heterocycles. The van der Waals surface area contributed by atoms with Crippen LogP contribution >= 0.6 is 0 Å². The highest BCUT2D eigenvalue weighted by Crippen LogP contribution is 2.13. The lowest BCUT2D eigenvalue weighted by Gasteiger charge is -2.23. The van der Waals surface area contributed by atoms with Crippen LogP contribution in [0, 0.1) is 0 Å². The molecule has 0 atom stereocenters. The first-order chi connectivity index (χ1) is 16.5. The smallest absolute Gasteiger partial charge is 0.233 e. The quantitative estimate of drug-likeness (QED) is 0.157. The predicted molar refractivity (Wildman–Crippen MR) is 140 cm³/mol. The van der Waals surface area contributed by atoms with Crippen molar-refractivity contribution in [2.75, 3.05) is 39.3 Å². The summed E-state index contributed by atoms with van der Waals surface area (Å²) in [6.45, 7) is 4.39. The second-order valence-electron chi connectivity index (χ2n) is 9.19. The molecule has 0 aromatic carbocycles. The van der Waals surface area contributed by atoms with Gasteiger partial charge in [0, 0.05) is 32.6 Å². The first-order valence-electron chi connectivity index (χ1n) is 13.8. The minimum atomic E-state index is -0.186. The third-order valence-corrected chi connectivity index (χ3v) is 6.07. The van der Waals surface area contributed by atoms with Crippen LogP contribution in [0.3, 0.4) is 0 Å². The van der Waals surface area contributed by atoms with E-state index in [2.05, 4.69) is 17.6 Å². The van der Waals surface area contributed by atoms with Crippen LogP contribution in [0.5, 0.6) is 0 Å². The molecule has 0 aliphatic rings. The molecule has 8 heteroatoms. The van der Waals surface area contributed by atoms with E-state index >= 15 is 0 Å². The van der Waals surface area contributed by atoms with Crippen molar-refractivity contribution < 1.29 is 14.4 Å². The van der Waals surface area contributed by atoms with Gasteiger partial charge in [0.25, 0.3) is 0 Å². The van der Waals surface area contributed by atoms with E-state index in [0.29, 0.717) is 45.4 Å².